The Morgan fingerprint density at radius 3 is 2.59 bits per heavy atom. The second kappa shape index (κ2) is 5.33. The van der Waals surface area contributed by atoms with E-state index < -0.39 is 0 Å². The van der Waals surface area contributed by atoms with Crippen LogP contribution in [0, 0.1) is 0 Å². The van der Waals surface area contributed by atoms with Crippen LogP contribution in [0.4, 0.5) is 5.13 Å². The molecule has 0 aromatic carbocycles. The Kier molecular flexibility index (Phi) is 4.01. The highest BCUT2D eigenvalue weighted by atomic mass is 35.5. The molecule has 4 nitrogen and oxygen atoms in total. The first-order valence-corrected chi connectivity index (χ1v) is 6.84. The molecule has 1 aliphatic heterocycles. The van der Waals surface area contributed by atoms with Gasteiger partial charge < -0.3 is 9.80 Å². The fourth-order valence-electron chi connectivity index (χ4n) is 2.08. The molecule has 1 aromatic heterocycles. The molecule has 0 N–H and O–H groups in total. The van der Waals surface area contributed by atoms with Crippen molar-refractivity contribution < 1.29 is 4.79 Å². The summed E-state index contributed by atoms with van der Waals surface area (Å²) in [6.07, 6.45) is 3.03. The third kappa shape index (κ3) is 2.78. The van der Waals surface area contributed by atoms with Crippen LogP contribution < -0.4 is 4.90 Å². The maximum atomic E-state index is 10.7. The lowest BCUT2D eigenvalue weighted by Crippen LogP contribution is -2.41. The highest BCUT2D eigenvalue weighted by molar-refractivity contribution is 7.17. The normalized spacial score (nSPS) is 17.8. The Morgan fingerprint density at radius 2 is 2.12 bits per heavy atom. The number of nitrogens with zero attached hydrogens (tertiary/aromatic N) is 3. The minimum Gasteiger partial charge on any atom is -0.348 e. The van der Waals surface area contributed by atoms with Crippen LogP contribution in [0.3, 0.4) is 0 Å². The van der Waals surface area contributed by atoms with Crippen molar-refractivity contribution in [1.29, 1.82) is 0 Å². The van der Waals surface area contributed by atoms with Crippen LogP contribution >= 0.6 is 22.9 Å². The number of hydrogen-bond donors (Lipinski definition) is 0. The van der Waals surface area contributed by atoms with Gasteiger partial charge in [0.15, 0.2) is 16.6 Å². The Morgan fingerprint density at radius 1 is 1.47 bits per heavy atom. The molecule has 0 aliphatic carbocycles. The van der Waals surface area contributed by atoms with E-state index in [1.807, 2.05) is 0 Å². The van der Waals surface area contributed by atoms with Gasteiger partial charge in [-0.15, -0.1) is 0 Å². The first-order chi connectivity index (χ1) is 8.11. The Labute approximate surface area is 110 Å². The number of thiazole rings is 1. The van der Waals surface area contributed by atoms with E-state index in [0.717, 1.165) is 37.3 Å². The van der Waals surface area contributed by atoms with Gasteiger partial charge in [-0.05, 0) is 26.9 Å². The highest BCUT2D eigenvalue weighted by Crippen LogP contribution is 2.30. The van der Waals surface area contributed by atoms with E-state index in [9.17, 15) is 4.79 Å². The summed E-state index contributed by atoms with van der Waals surface area (Å²) in [5.41, 5.74) is 0. The minimum atomic E-state index is 0.328. The molecule has 0 radical (unpaired) electrons. The van der Waals surface area contributed by atoms with Crippen molar-refractivity contribution in [2.75, 3.05) is 32.1 Å². The number of carbonyl (C=O) groups excluding carboxylic acids is 1. The van der Waals surface area contributed by atoms with Gasteiger partial charge in [-0.2, -0.15) is 0 Å². The predicted molar refractivity (Wildman–Crippen MR) is 71.4 cm³/mol. The predicted octanol–water partition coefficient (Wildman–Crippen LogP) is 2.14. The largest absolute Gasteiger partial charge is 0.348 e. The summed E-state index contributed by atoms with van der Waals surface area (Å²) < 4.78 is 0. The maximum Gasteiger partial charge on any atom is 0.187 e. The minimum absolute atomic E-state index is 0.328. The van der Waals surface area contributed by atoms with Crippen LogP contribution in [-0.2, 0) is 0 Å². The lowest BCUT2D eigenvalue weighted by Gasteiger charge is -2.34. The zero-order valence-corrected chi connectivity index (χ0v) is 11.6. The van der Waals surface area contributed by atoms with E-state index in [4.69, 9.17) is 11.6 Å². The number of halogens is 1. The second-order valence-electron chi connectivity index (χ2n) is 4.45. The summed E-state index contributed by atoms with van der Waals surface area (Å²) in [5.74, 6) is 0. The van der Waals surface area contributed by atoms with Gasteiger partial charge in [-0.3, -0.25) is 4.79 Å². The lowest BCUT2D eigenvalue weighted by atomic mass is 10.0. The molecule has 0 bridgehead atoms. The monoisotopic (exact) mass is 273 g/mol. The molecule has 0 amide bonds. The molecule has 17 heavy (non-hydrogen) atoms. The van der Waals surface area contributed by atoms with Gasteiger partial charge in [0.2, 0.25) is 0 Å². The van der Waals surface area contributed by atoms with Crippen molar-refractivity contribution in [1.82, 2.24) is 9.88 Å². The molecule has 94 valence electrons. The van der Waals surface area contributed by atoms with Crippen LogP contribution in [0.15, 0.2) is 0 Å². The van der Waals surface area contributed by atoms with Crippen LogP contribution in [0.5, 0.6) is 0 Å². The smallest absolute Gasteiger partial charge is 0.187 e. The second-order valence-corrected chi connectivity index (χ2v) is 5.82. The molecule has 2 heterocycles. The summed E-state index contributed by atoms with van der Waals surface area (Å²) >= 11 is 7.25. The number of piperidine rings is 1. The number of aldehydes is 1. The summed E-state index contributed by atoms with van der Waals surface area (Å²) in [6, 6.07) is 0.646. The maximum absolute atomic E-state index is 10.7. The van der Waals surface area contributed by atoms with Gasteiger partial charge in [0.25, 0.3) is 0 Å². The van der Waals surface area contributed by atoms with Gasteiger partial charge >= 0.3 is 0 Å². The lowest BCUT2D eigenvalue weighted by molar-refractivity contribution is 0.112. The van der Waals surface area contributed by atoms with Crippen molar-refractivity contribution >= 4 is 34.4 Å². The van der Waals surface area contributed by atoms with E-state index >= 15 is 0 Å². The van der Waals surface area contributed by atoms with Crippen molar-refractivity contribution in [3.63, 3.8) is 0 Å². The highest BCUT2D eigenvalue weighted by Gasteiger charge is 2.23. The molecule has 6 heteroatoms. The zero-order valence-electron chi connectivity index (χ0n) is 10.0. The summed E-state index contributed by atoms with van der Waals surface area (Å²) in [6.45, 7) is 1.95. The fraction of sp³-hybridized carbons (Fsp3) is 0.636. The molecule has 0 saturated carbocycles. The average Bonchev–Trinajstić information content (AvgIpc) is 2.70. The topological polar surface area (TPSA) is 36.4 Å². The third-order valence-corrected chi connectivity index (χ3v) is 4.61. The molecule has 2 rings (SSSR count). The van der Waals surface area contributed by atoms with Crippen LogP contribution in [-0.4, -0.2) is 49.4 Å². The molecular weight excluding hydrogens is 258 g/mol. The summed E-state index contributed by atoms with van der Waals surface area (Å²) in [5, 5.41) is 1.20. The van der Waals surface area contributed by atoms with Gasteiger partial charge in [0, 0.05) is 19.1 Å². The molecule has 0 unspecified atom stereocenters. The Bertz CT molecular complexity index is 399. The van der Waals surface area contributed by atoms with E-state index in [0.29, 0.717) is 16.1 Å². The first-order valence-electron chi connectivity index (χ1n) is 5.64. The van der Waals surface area contributed by atoms with E-state index in [1.165, 1.54) is 11.3 Å². The Hall–Kier alpha value is -0.650. The van der Waals surface area contributed by atoms with Crippen LogP contribution in [0.2, 0.25) is 5.15 Å². The first kappa shape index (κ1) is 12.8. The van der Waals surface area contributed by atoms with E-state index in [-0.39, 0.29) is 0 Å². The molecular formula is C11H16ClN3OS. The number of carbonyl (C=O) groups is 1. The average molecular weight is 274 g/mol. The third-order valence-electron chi connectivity index (χ3n) is 3.17. The van der Waals surface area contributed by atoms with E-state index in [2.05, 4.69) is 28.9 Å². The summed E-state index contributed by atoms with van der Waals surface area (Å²) in [4.78, 5) is 20.0. The van der Waals surface area contributed by atoms with Gasteiger partial charge in [-0.1, -0.05) is 22.9 Å². The fourth-order valence-corrected chi connectivity index (χ4v) is 3.20. The molecule has 1 aliphatic rings. The summed E-state index contributed by atoms with van der Waals surface area (Å²) in [7, 11) is 4.23. The Balaban J connectivity index is 2.02. The van der Waals surface area contributed by atoms with Gasteiger partial charge in [0.1, 0.15) is 4.88 Å². The standard InChI is InChI=1S/C11H16ClN3OS/c1-14(2)8-3-5-15(6-4-8)11-13-10(12)9(7-16)17-11/h7-8H,3-6H2,1-2H3. The van der Waals surface area contributed by atoms with Gasteiger partial charge in [0.05, 0.1) is 0 Å². The number of hydrogen-bond acceptors (Lipinski definition) is 5. The number of anilines is 1. The van der Waals surface area contributed by atoms with Crippen molar-refractivity contribution in [3.8, 4) is 0 Å². The zero-order chi connectivity index (χ0) is 12.4. The van der Waals surface area contributed by atoms with Crippen molar-refractivity contribution in [2.24, 2.45) is 0 Å². The molecule has 0 atom stereocenters. The van der Waals surface area contributed by atoms with Crippen molar-refractivity contribution in [2.45, 2.75) is 18.9 Å². The molecule has 1 fully saturated rings. The molecule has 1 aromatic rings. The van der Waals surface area contributed by atoms with Crippen LogP contribution in [0.25, 0.3) is 0 Å². The van der Waals surface area contributed by atoms with Gasteiger partial charge in [-0.25, -0.2) is 4.98 Å². The number of rotatable bonds is 3. The van der Waals surface area contributed by atoms with Crippen molar-refractivity contribution in [3.05, 3.63) is 10.0 Å². The quantitative estimate of drug-likeness (QED) is 0.791. The SMILES string of the molecule is CN(C)C1CCN(c2nc(Cl)c(C=O)s2)CC1. The number of aromatic nitrogens is 1. The molecule has 0 spiro atoms. The molecule has 1 saturated heterocycles. The van der Waals surface area contributed by atoms with Crippen LogP contribution in [0.1, 0.15) is 22.5 Å². The van der Waals surface area contributed by atoms with E-state index in [1.54, 1.807) is 0 Å².